The number of hydrogen-bond acceptors (Lipinski definition) is 5. The Bertz CT molecular complexity index is 1120. The van der Waals surface area contributed by atoms with E-state index in [2.05, 4.69) is 15.5 Å². The third-order valence-electron chi connectivity index (χ3n) is 4.87. The number of aliphatic hydroxyl groups is 1. The molecule has 3 N–H and O–H groups in total. The Hall–Kier alpha value is -2.75. The lowest BCUT2D eigenvalue weighted by molar-refractivity contribution is -0.119. The van der Waals surface area contributed by atoms with Gasteiger partial charge in [-0.3, -0.25) is 9.89 Å². The van der Waals surface area contributed by atoms with Gasteiger partial charge in [0.2, 0.25) is 15.9 Å². The van der Waals surface area contributed by atoms with Gasteiger partial charge >= 0.3 is 0 Å². The number of aryl methyl sites for hydroxylation is 1. The highest BCUT2D eigenvalue weighted by Gasteiger charge is 2.43. The summed E-state index contributed by atoms with van der Waals surface area (Å²) in [6.45, 7) is 1.75. The van der Waals surface area contributed by atoms with Crippen LogP contribution in [0.4, 0.5) is 5.69 Å². The van der Waals surface area contributed by atoms with E-state index in [4.69, 9.17) is 0 Å². The molecule has 146 valence electrons. The van der Waals surface area contributed by atoms with Crippen LogP contribution in [0.3, 0.4) is 0 Å². The molecule has 9 heteroatoms. The van der Waals surface area contributed by atoms with Crippen molar-refractivity contribution >= 4 is 32.5 Å². The van der Waals surface area contributed by atoms with Crippen LogP contribution in [0.5, 0.6) is 0 Å². The van der Waals surface area contributed by atoms with E-state index in [0.29, 0.717) is 5.69 Å². The van der Waals surface area contributed by atoms with Gasteiger partial charge in [0.25, 0.3) is 0 Å². The van der Waals surface area contributed by atoms with Crippen molar-refractivity contribution in [1.82, 2.24) is 14.5 Å². The van der Waals surface area contributed by atoms with Gasteiger partial charge in [-0.25, -0.2) is 8.42 Å². The summed E-state index contributed by atoms with van der Waals surface area (Å²) < 4.78 is 27.1. The number of anilines is 1. The lowest BCUT2D eigenvalue weighted by atomic mass is 10.2. The van der Waals surface area contributed by atoms with Crippen molar-refractivity contribution in [3.63, 3.8) is 0 Å². The van der Waals surface area contributed by atoms with Crippen LogP contribution >= 0.6 is 0 Å². The summed E-state index contributed by atoms with van der Waals surface area (Å²) >= 11 is 0. The number of aliphatic hydroxyl groups excluding tert-OH is 1. The Kier molecular flexibility index (Phi) is 4.66. The van der Waals surface area contributed by atoms with Crippen molar-refractivity contribution in [3.8, 4) is 0 Å². The predicted octanol–water partition coefficient (Wildman–Crippen LogP) is 1.63. The molecule has 0 aliphatic carbocycles. The lowest BCUT2D eigenvalue weighted by Crippen LogP contribution is -2.43. The number of rotatable bonds is 4. The summed E-state index contributed by atoms with van der Waals surface area (Å²) in [5.41, 5.74) is 2.30. The maximum absolute atomic E-state index is 13.0. The fourth-order valence-electron chi connectivity index (χ4n) is 3.38. The summed E-state index contributed by atoms with van der Waals surface area (Å²) in [6, 6.07) is 10.7. The van der Waals surface area contributed by atoms with Gasteiger partial charge < -0.3 is 10.4 Å². The molecule has 28 heavy (non-hydrogen) atoms. The maximum atomic E-state index is 13.0. The molecule has 3 aromatic rings. The van der Waals surface area contributed by atoms with E-state index in [9.17, 15) is 18.3 Å². The van der Waals surface area contributed by atoms with Crippen molar-refractivity contribution in [3.05, 3.63) is 54.2 Å². The first-order chi connectivity index (χ1) is 13.3. The van der Waals surface area contributed by atoms with Crippen LogP contribution in [0, 0.1) is 6.92 Å². The molecule has 0 saturated carbocycles. The molecule has 1 aliphatic heterocycles. The van der Waals surface area contributed by atoms with Crippen LogP contribution < -0.4 is 5.32 Å². The molecular formula is C19H20N4O4S. The molecule has 2 atom stereocenters. The van der Waals surface area contributed by atoms with Gasteiger partial charge in [-0.05, 0) is 37.3 Å². The number of sulfonamides is 1. The summed E-state index contributed by atoms with van der Waals surface area (Å²) in [7, 11) is -3.90. The molecule has 1 fully saturated rings. The molecule has 1 amide bonds. The molecule has 0 spiro atoms. The zero-order valence-corrected chi connectivity index (χ0v) is 16.0. The maximum Gasteiger partial charge on any atom is 0.243 e. The highest BCUT2D eigenvalue weighted by molar-refractivity contribution is 7.89. The number of hydrogen-bond donors (Lipinski definition) is 3. The molecule has 0 radical (unpaired) electrons. The van der Waals surface area contributed by atoms with Gasteiger partial charge in [0, 0.05) is 24.0 Å². The molecule has 8 nitrogen and oxygen atoms in total. The van der Waals surface area contributed by atoms with E-state index >= 15 is 0 Å². The minimum absolute atomic E-state index is 0.0465. The van der Waals surface area contributed by atoms with Gasteiger partial charge in [0.05, 0.1) is 22.7 Å². The second-order valence-electron chi connectivity index (χ2n) is 6.95. The van der Waals surface area contributed by atoms with E-state index in [0.717, 1.165) is 20.8 Å². The minimum atomic E-state index is -3.90. The summed E-state index contributed by atoms with van der Waals surface area (Å²) in [6.07, 6.45) is 0.788. The standard InChI is InChI=1S/C19H20N4O4S/c1-12-2-5-16(6-3-12)28(26,27)23-11-15(24)9-18(23)19(25)21-14-4-7-17-13(8-14)10-20-22-17/h2-8,10,15,18,24H,9,11H2,1H3,(H,20,22)(H,21,25)/t15-,18+/m0/s1. The Morgan fingerprint density at radius 1 is 1.25 bits per heavy atom. The molecular weight excluding hydrogens is 380 g/mol. The van der Waals surface area contributed by atoms with Crippen molar-refractivity contribution in [2.24, 2.45) is 0 Å². The van der Waals surface area contributed by atoms with E-state index in [1.54, 1.807) is 36.5 Å². The Labute approximate surface area is 162 Å². The van der Waals surface area contributed by atoms with Crippen LogP contribution in [-0.4, -0.2) is 52.6 Å². The van der Waals surface area contributed by atoms with Gasteiger partial charge in [0.1, 0.15) is 6.04 Å². The topological polar surface area (TPSA) is 115 Å². The van der Waals surface area contributed by atoms with Crippen LogP contribution in [-0.2, 0) is 14.8 Å². The van der Waals surface area contributed by atoms with Crippen LogP contribution in [0.2, 0.25) is 0 Å². The van der Waals surface area contributed by atoms with E-state index in [1.165, 1.54) is 12.1 Å². The third-order valence-corrected chi connectivity index (χ3v) is 6.76. The van der Waals surface area contributed by atoms with Crippen molar-refractivity contribution in [2.75, 3.05) is 11.9 Å². The van der Waals surface area contributed by atoms with E-state index in [-0.39, 0.29) is 17.9 Å². The smallest absolute Gasteiger partial charge is 0.243 e. The number of β-amino-alcohol motifs (C(OH)–C–C–N with tert-alkyl or cyclic N) is 1. The number of fused-ring (bicyclic) bond motifs is 1. The first-order valence-electron chi connectivity index (χ1n) is 8.85. The first-order valence-corrected chi connectivity index (χ1v) is 10.3. The summed E-state index contributed by atoms with van der Waals surface area (Å²) in [4.78, 5) is 12.9. The highest BCUT2D eigenvalue weighted by atomic mass is 32.2. The number of benzene rings is 2. The number of nitrogens with one attached hydrogen (secondary N) is 2. The van der Waals surface area contributed by atoms with Crippen LogP contribution in [0.15, 0.2) is 53.6 Å². The van der Waals surface area contributed by atoms with Gasteiger partial charge in [-0.1, -0.05) is 17.7 Å². The third kappa shape index (κ3) is 3.39. The second-order valence-corrected chi connectivity index (χ2v) is 8.84. The zero-order valence-electron chi connectivity index (χ0n) is 15.2. The predicted molar refractivity (Wildman–Crippen MR) is 104 cm³/mol. The minimum Gasteiger partial charge on any atom is -0.392 e. The summed E-state index contributed by atoms with van der Waals surface area (Å²) in [5.74, 6) is -0.477. The van der Waals surface area contributed by atoms with Gasteiger partial charge in [-0.2, -0.15) is 9.40 Å². The average Bonchev–Trinajstić information content (AvgIpc) is 3.28. The van der Waals surface area contributed by atoms with Gasteiger partial charge in [0.15, 0.2) is 0 Å². The second kappa shape index (κ2) is 7.01. The number of aromatic amines is 1. The molecule has 0 bridgehead atoms. The highest BCUT2D eigenvalue weighted by Crippen LogP contribution is 2.28. The molecule has 0 unspecified atom stereocenters. The molecule has 4 rings (SSSR count). The monoisotopic (exact) mass is 400 g/mol. The quantitative estimate of drug-likeness (QED) is 0.616. The van der Waals surface area contributed by atoms with E-state index < -0.39 is 28.1 Å². The summed E-state index contributed by atoms with van der Waals surface area (Å²) in [5, 5.41) is 20.4. The van der Waals surface area contributed by atoms with Crippen molar-refractivity contribution < 1.29 is 18.3 Å². The molecule has 1 aromatic heterocycles. The average molecular weight is 400 g/mol. The number of aromatic nitrogens is 2. The van der Waals surface area contributed by atoms with E-state index in [1.807, 2.05) is 6.92 Å². The largest absolute Gasteiger partial charge is 0.392 e. The van der Waals surface area contributed by atoms with Gasteiger partial charge in [-0.15, -0.1) is 0 Å². The number of nitrogens with zero attached hydrogens (tertiary/aromatic N) is 2. The number of carbonyl (C=O) groups is 1. The zero-order chi connectivity index (χ0) is 19.9. The van der Waals surface area contributed by atoms with Crippen molar-refractivity contribution in [2.45, 2.75) is 30.4 Å². The fraction of sp³-hybridized carbons (Fsp3) is 0.263. The first kappa shape index (κ1) is 18.6. The van der Waals surface area contributed by atoms with Crippen LogP contribution in [0.1, 0.15) is 12.0 Å². The molecule has 2 aromatic carbocycles. The fourth-order valence-corrected chi connectivity index (χ4v) is 5.02. The molecule has 1 saturated heterocycles. The number of amides is 1. The molecule has 1 aliphatic rings. The van der Waals surface area contributed by atoms with Crippen molar-refractivity contribution in [1.29, 1.82) is 0 Å². The number of H-pyrrole nitrogens is 1. The Balaban J connectivity index is 1.59. The normalized spacial score (nSPS) is 20.5. The van der Waals surface area contributed by atoms with Crippen LogP contribution in [0.25, 0.3) is 10.9 Å². The lowest BCUT2D eigenvalue weighted by Gasteiger charge is -2.23. The Morgan fingerprint density at radius 2 is 2.00 bits per heavy atom. The SMILES string of the molecule is Cc1ccc(S(=O)(=O)N2C[C@@H](O)C[C@@H]2C(=O)Nc2ccc3[nH]ncc3c2)cc1. The Morgan fingerprint density at radius 3 is 2.75 bits per heavy atom. The number of carbonyl (C=O) groups excluding carboxylic acids is 1. The molecule has 2 heterocycles.